The Bertz CT molecular complexity index is 1140. The van der Waals surface area contributed by atoms with Gasteiger partial charge < -0.3 is 0 Å². The average molecular weight is 404 g/mol. The number of anilines is 1. The molecule has 0 aromatic heterocycles. The Kier molecular flexibility index (Phi) is 3.82. The Morgan fingerprint density at radius 2 is 1.70 bits per heavy atom. The van der Waals surface area contributed by atoms with E-state index in [1.165, 1.54) is 31.2 Å². The molecule has 0 spiro atoms. The summed E-state index contributed by atoms with van der Waals surface area (Å²) in [6.45, 7) is 1.40. The zero-order valence-electron chi connectivity index (χ0n) is 15.8. The molecule has 0 saturated carbocycles. The number of carbonyl (C=O) groups excluding carboxylic acids is 3. The molecule has 0 N–H and O–H groups in total. The fourth-order valence-corrected chi connectivity index (χ4v) is 4.80. The van der Waals surface area contributed by atoms with Crippen molar-refractivity contribution in [2.24, 2.45) is 16.9 Å². The predicted molar refractivity (Wildman–Crippen MR) is 106 cm³/mol. The van der Waals surface area contributed by atoms with Crippen LogP contribution in [0.25, 0.3) is 0 Å². The third-order valence-corrected chi connectivity index (χ3v) is 6.03. The highest BCUT2D eigenvalue weighted by atomic mass is 16.6. The van der Waals surface area contributed by atoms with Crippen molar-refractivity contribution < 1.29 is 19.3 Å². The molecule has 3 aliphatic heterocycles. The largest absolute Gasteiger partial charge is 0.298 e. The summed E-state index contributed by atoms with van der Waals surface area (Å²) in [4.78, 5) is 50.7. The van der Waals surface area contributed by atoms with E-state index in [0.29, 0.717) is 0 Å². The lowest BCUT2D eigenvalue weighted by atomic mass is 9.84. The van der Waals surface area contributed by atoms with Gasteiger partial charge in [0.2, 0.25) is 11.8 Å². The van der Waals surface area contributed by atoms with Crippen LogP contribution in [0.5, 0.6) is 0 Å². The Hall–Kier alpha value is -3.88. The number of nitro groups is 1. The zero-order chi connectivity index (χ0) is 21.2. The first kappa shape index (κ1) is 18.2. The van der Waals surface area contributed by atoms with Crippen LogP contribution in [0.15, 0.2) is 53.6 Å². The number of nitro benzene ring substituents is 1. The van der Waals surface area contributed by atoms with Gasteiger partial charge in [-0.2, -0.15) is 5.10 Å². The average Bonchev–Trinajstić information content (AvgIpc) is 3.21. The predicted octanol–water partition coefficient (Wildman–Crippen LogP) is 2.06. The summed E-state index contributed by atoms with van der Waals surface area (Å²) in [5, 5.41) is 16.9. The van der Waals surface area contributed by atoms with Crippen molar-refractivity contribution in [2.45, 2.75) is 19.0 Å². The Labute approximate surface area is 170 Å². The van der Waals surface area contributed by atoms with Crippen LogP contribution in [0.3, 0.4) is 0 Å². The summed E-state index contributed by atoms with van der Waals surface area (Å²) in [5.41, 5.74) is 1.81. The second kappa shape index (κ2) is 6.31. The topological polar surface area (TPSA) is 113 Å². The Morgan fingerprint density at radius 3 is 2.37 bits per heavy atom. The van der Waals surface area contributed by atoms with Gasteiger partial charge in [-0.3, -0.25) is 29.5 Å². The van der Waals surface area contributed by atoms with Crippen molar-refractivity contribution in [2.75, 3.05) is 4.90 Å². The Balaban J connectivity index is 1.60. The maximum atomic E-state index is 13.4. The van der Waals surface area contributed by atoms with Crippen LogP contribution in [0.2, 0.25) is 0 Å². The molecule has 2 fully saturated rings. The number of rotatable bonds is 3. The lowest BCUT2D eigenvalue weighted by molar-refractivity contribution is -0.384. The summed E-state index contributed by atoms with van der Waals surface area (Å²) in [5.74, 6) is -2.78. The first-order valence-electron chi connectivity index (χ1n) is 9.44. The third kappa shape index (κ3) is 2.35. The van der Waals surface area contributed by atoms with Gasteiger partial charge in [0.1, 0.15) is 6.04 Å². The zero-order valence-corrected chi connectivity index (χ0v) is 15.8. The van der Waals surface area contributed by atoms with Crippen LogP contribution in [0.1, 0.15) is 24.1 Å². The van der Waals surface area contributed by atoms with Gasteiger partial charge in [0, 0.05) is 12.1 Å². The number of non-ortho nitro benzene ring substituents is 1. The van der Waals surface area contributed by atoms with E-state index in [-0.39, 0.29) is 17.2 Å². The molecular weight excluding hydrogens is 388 g/mol. The number of hydrogen-bond donors (Lipinski definition) is 0. The van der Waals surface area contributed by atoms with Crippen molar-refractivity contribution in [3.8, 4) is 0 Å². The molecule has 3 aliphatic rings. The molecule has 0 aliphatic carbocycles. The van der Waals surface area contributed by atoms with Gasteiger partial charge in [-0.25, -0.2) is 4.90 Å². The Morgan fingerprint density at radius 1 is 1.03 bits per heavy atom. The van der Waals surface area contributed by atoms with E-state index in [0.717, 1.165) is 16.0 Å². The van der Waals surface area contributed by atoms with E-state index in [4.69, 9.17) is 0 Å². The van der Waals surface area contributed by atoms with E-state index in [2.05, 4.69) is 5.10 Å². The van der Waals surface area contributed by atoms with Crippen molar-refractivity contribution in [3.05, 3.63) is 69.8 Å². The quantitative estimate of drug-likeness (QED) is 0.440. The van der Waals surface area contributed by atoms with Crippen molar-refractivity contribution in [1.82, 2.24) is 5.01 Å². The monoisotopic (exact) mass is 404 g/mol. The number of fused-ring (bicyclic) bond motifs is 5. The molecule has 0 radical (unpaired) electrons. The van der Waals surface area contributed by atoms with Crippen molar-refractivity contribution in [1.29, 1.82) is 0 Å². The van der Waals surface area contributed by atoms with Gasteiger partial charge in [-0.05, 0) is 30.2 Å². The molecule has 0 unspecified atom stereocenters. The van der Waals surface area contributed by atoms with E-state index in [1.807, 2.05) is 24.3 Å². The number of carbonyl (C=O) groups is 3. The number of imide groups is 1. The van der Waals surface area contributed by atoms with Crippen LogP contribution >= 0.6 is 0 Å². The number of Topliss-reactive ketones (excluding diaryl/α,β-unsaturated/α-hetero) is 1. The normalized spacial score (nSPS) is 26.4. The molecule has 4 atom stereocenters. The summed E-state index contributed by atoms with van der Waals surface area (Å²) in [7, 11) is 0. The molecule has 5 rings (SSSR count). The SMILES string of the molecule is CC(=O)[C@@H]1[C@@H]2C(=O)N(c3ccc([N+](=O)[O-])cc3)C(=O)[C@@H]2[C@@H]2c3ccccc3C=NN12. The number of hydrazone groups is 1. The van der Waals surface area contributed by atoms with E-state index >= 15 is 0 Å². The first-order chi connectivity index (χ1) is 14.4. The highest BCUT2D eigenvalue weighted by Gasteiger charge is 2.64. The van der Waals surface area contributed by atoms with Gasteiger partial charge in [-0.1, -0.05) is 24.3 Å². The van der Waals surface area contributed by atoms with Gasteiger partial charge in [0.15, 0.2) is 5.78 Å². The maximum Gasteiger partial charge on any atom is 0.269 e. The lowest BCUT2D eigenvalue weighted by Crippen LogP contribution is -2.43. The van der Waals surface area contributed by atoms with Gasteiger partial charge >= 0.3 is 0 Å². The van der Waals surface area contributed by atoms with Crippen LogP contribution in [0.4, 0.5) is 11.4 Å². The van der Waals surface area contributed by atoms with E-state index in [9.17, 15) is 24.5 Å². The fraction of sp³-hybridized carbons (Fsp3) is 0.238. The summed E-state index contributed by atoms with van der Waals surface area (Å²) in [6.07, 6.45) is 1.64. The molecule has 2 amide bonds. The second-order valence-corrected chi connectivity index (χ2v) is 7.59. The smallest absolute Gasteiger partial charge is 0.269 e. The van der Waals surface area contributed by atoms with Gasteiger partial charge in [0.25, 0.3) is 5.69 Å². The first-order valence-corrected chi connectivity index (χ1v) is 9.44. The van der Waals surface area contributed by atoms with Crippen LogP contribution in [-0.2, 0) is 14.4 Å². The summed E-state index contributed by atoms with van der Waals surface area (Å²) in [6, 6.07) is 11.4. The second-order valence-electron chi connectivity index (χ2n) is 7.59. The minimum absolute atomic E-state index is 0.138. The van der Waals surface area contributed by atoms with Crippen LogP contribution < -0.4 is 4.90 Å². The molecule has 2 aromatic carbocycles. The number of benzene rings is 2. The minimum atomic E-state index is -0.863. The molecule has 30 heavy (non-hydrogen) atoms. The highest BCUT2D eigenvalue weighted by Crippen LogP contribution is 2.52. The van der Waals surface area contributed by atoms with Crippen LogP contribution in [-0.4, -0.2) is 39.8 Å². The molecule has 150 valence electrons. The summed E-state index contributed by atoms with van der Waals surface area (Å²) < 4.78 is 0. The summed E-state index contributed by atoms with van der Waals surface area (Å²) >= 11 is 0. The number of amides is 2. The third-order valence-electron chi connectivity index (χ3n) is 6.03. The van der Waals surface area contributed by atoms with Gasteiger partial charge in [-0.15, -0.1) is 0 Å². The molecule has 9 nitrogen and oxygen atoms in total. The number of hydrogen-bond acceptors (Lipinski definition) is 7. The maximum absolute atomic E-state index is 13.4. The van der Waals surface area contributed by atoms with E-state index in [1.54, 1.807) is 11.2 Å². The lowest BCUT2D eigenvalue weighted by Gasteiger charge is -2.33. The van der Waals surface area contributed by atoms with Crippen molar-refractivity contribution >= 4 is 35.2 Å². The minimum Gasteiger partial charge on any atom is -0.298 e. The van der Waals surface area contributed by atoms with E-state index < -0.39 is 40.7 Å². The standard InChI is InChI=1S/C21H16N4O5/c1-11(26)18-16-17(19-15-5-3-2-4-12(15)10-22-24(18)19)21(28)23(20(16)27)13-6-8-14(9-7-13)25(29)30/h2-10,16-19H,1H3/t16-,17+,18-,19+/m1/s1. The fourth-order valence-electron chi connectivity index (χ4n) is 4.80. The molecular formula is C21H16N4O5. The number of ketones is 1. The highest BCUT2D eigenvalue weighted by molar-refractivity contribution is 6.24. The van der Waals surface area contributed by atoms with Gasteiger partial charge in [0.05, 0.1) is 34.7 Å². The van der Waals surface area contributed by atoms with Crippen molar-refractivity contribution in [3.63, 3.8) is 0 Å². The molecule has 9 heteroatoms. The number of nitrogens with zero attached hydrogens (tertiary/aromatic N) is 4. The van der Waals surface area contributed by atoms with Crippen LogP contribution in [0, 0.1) is 22.0 Å². The molecule has 0 bridgehead atoms. The molecule has 2 saturated heterocycles. The molecule has 3 heterocycles. The molecule has 2 aromatic rings.